The van der Waals surface area contributed by atoms with Gasteiger partial charge in [0.2, 0.25) is 0 Å². The van der Waals surface area contributed by atoms with Gasteiger partial charge in [-0.2, -0.15) is 0 Å². The van der Waals surface area contributed by atoms with Crippen LogP contribution in [0.3, 0.4) is 0 Å². The van der Waals surface area contributed by atoms with Crippen LogP contribution in [-0.2, 0) is 4.74 Å². The lowest BCUT2D eigenvalue weighted by Crippen LogP contribution is -2.35. The van der Waals surface area contributed by atoms with Crippen molar-refractivity contribution in [1.29, 1.82) is 0 Å². The molecule has 0 spiro atoms. The van der Waals surface area contributed by atoms with Crippen LogP contribution in [0.2, 0.25) is 0 Å². The number of aliphatic hydroxyl groups is 1. The Bertz CT molecular complexity index is 127. The van der Waals surface area contributed by atoms with E-state index < -0.39 is 0 Å². The van der Waals surface area contributed by atoms with Crippen molar-refractivity contribution in [2.75, 3.05) is 0 Å². The molecule has 0 aromatic carbocycles. The molecule has 0 rings (SSSR count). The first-order valence-electron chi connectivity index (χ1n) is 5.26. The summed E-state index contributed by atoms with van der Waals surface area (Å²) in [5.41, 5.74) is -0.157. The Labute approximate surface area is 82.3 Å². The molecule has 0 radical (unpaired) electrons. The highest BCUT2D eigenvalue weighted by molar-refractivity contribution is 4.71. The number of hydrogen-bond acceptors (Lipinski definition) is 2. The van der Waals surface area contributed by atoms with E-state index in [9.17, 15) is 5.11 Å². The van der Waals surface area contributed by atoms with Gasteiger partial charge in [0.15, 0.2) is 0 Å². The molecule has 2 unspecified atom stereocenters. The van der Waals surface area contributed by atoms with Crippen LogP contribution in [0.15, 0.2) is 0 Å². The molecular formula is C11H24O2. The minimum Gasteiger partial charge on any atom is -0.390 e. The highest BCUT2D eigenvalue weighted by Crippen LogP contribution is 2.17. The van der Waals surface area contributed by atoms with Gasteiger partial charge in [-0.05, 0) is 33.6 Å². The van der Waals surface area contributed by atoms with Gasteiger partial charge in [-0.15, -0.1) is 0 Å². The quantitative estimate of drug-likeness (QED) is 0.719. The lowest BCUT2D eigenvalue weighted by atomic mass is 10.1. The zero-order valence-electron chi connectivity index (χ0n) is 9.63. The Morgan fingerprint density at radius 2 is 1.77 bits per heavy atom. The van der Waals surface area contributed by atoms with Crippen molar-refractivity contribution in [3.63, 3.8) is 0 Å². The van der Waals surface area contributed by atoms with E-state index >= 15 is 0 Å². The van der Waals surface area contributed by atoms with Gasteiger partial charge >= 0.3 is 0 Å². The zero-order valence-corrected chi connectivity index (χ0v) is 9.63. The maximum Gasteiger partial charge on any atom is 0.0838 e. The van der Waals surface area contributed by atoms with Crippen molar-refractivity contribution in [1.82, 2.24) is 0 Å². The molecule has 0 aromatic heterocycles. The van der Waals surface area contributed by atoms with Gasteiger partial charge in [-0.1, -0.05) is 20.3 Å². The van der Waals surface area contributed by atoms with Crippen LogP contribution in [0.1, 0.15) is 53.9 Å². The predicted molar refractivity (Wildman–Crippen MR) is 55.8 cm³/mol. The van der Waals surface area contributed by atoms with Crippen LogP contribution in [0.4, 0.5) is 0 Å². The molecule has 0 saturated carbocycles. The molecule has 2 nitrogen and oxygen atoms in total. The third-order valence-corrected chi connectivity index (χ3v) is 1.92. The summed E-state index contributed by atoms with van der Waals surface area (Å²) in [5.74, 6) is 0. The molecule has 80 valence electrons. The van der Waals surface area contributed by atoms with Crippen molar-refractivity contribution in [3.05, 3.63) is 0 Å². The van der Waals surface area contributed by atoms with Crippen LogP contribution in [0.25, 0.3) is 0 Å². The highest BCUT2D eigenvalue weighted by atomic mass is 16.5. The molecule has 0 fully saturated rings. The van der Waals surface area contributed by atoms with Gasteiger partial charge in [-0.3, -0.25) is 0 Å². The van der Waals surface area contributed by atoms with Crippen LogP contribution < -0.4 is 0 Å². The molecule has 0 aliphatic carbocycles. The van der Waals surface area contributed by atoms with E-state index in [1.807, 2.05) is 20.8 Å². The predicted octanol–water partition coefficient (Wildman–Crippen LogP) is 2.74. The number of hydrogen-bond donors (Lipinski definition) is 1. The summed E-state index contributed by atoms with van der Waals surface area (Å²) in [5, 5.41) is 9.75. The van der Waals surface area contributed by atoms with E-state index in [1.165, 1.54) is 0 Å². The fourth-order valence-corrected chi connectivity index (χ4v) is 1.37. The van der Waals surface area contributed by atoms with E-state index in [-0.39, 0.29) is 17.8 Å². The fraction of sp³-hybridized carbons (Fsp3) is 1.00. The van der Waals surface area contributed by atoms with Gasteiger partial charge in [0.1, 0.15) is 0 Å². The molecule has 1 N–H and O–H groups in total. The van der Waals surface area contributed by atoms with Gasteiger partial charge in [0.05, 0.1) is 17.8 Å². The summed E-state index contributed by atoms with van der Waals surface area (Å²) in [4.78, 5) is 0. The summed E-state index contributed by atoms with van der Waals surface area (Å²) < 4.78 is 5.75. The summed E-state index contributed by atoms with van der Waals surface area (Å²) in [6, 6.07) is 0. The van der Waals surface area contributed by atoms with E-state index in [0.29, 0.717) is 0 Å². The first-order chi connectivity index (χ1) is 5.90. The molecule has 0 aliphatic rings. The maximum absolute atomic E-state index is 9.75. The Kier molecular flexibility index (Phi) is 5.57. The number of ether oxygens (including phenoxy) is 1. The van der Waals surface area contributed by atoms with Crippen LogP contribution in [-0.4, -0.2) is 22.9 Å². The monoisotopic (exact) mass is 188 g/mol. The molecule has 2 heteroatoms. The number of aliphatic hydroxyl groups excluding tert-OH is 1. The fourth-order valence-electron chi connectivity index (χ4n) is 1.37. The van der Waals surface area contributed by atoms with Crippen LogP contribution in [0.5, 0.6) is 0 Å². The Hall–Kier alpha value is -0.0800. The van der Waals surface area contributed by atoms with Gasteiger partial charge in [0, 0.05) is 0 Å². The Morgan fingerprint density at radius 1 is 1.23 bits per heavy atom. The van der Waals surface area contributed by atoms with E-state index in [0.717, 1.165) is 19.3 Å². The second-order valence-corrected chi connectivity index (χ2v) is 4.53. The van der Waals surface area contributed by atoms with Gasteiger partial charge in [-0.25, -0.2) is 0 Å². The van der Waals surface area contributed by atoms with Crippen molar-refractivity contribution in [2.24, 2.45) is 0 Å². The van der Waals surface area contributed by atoms with Crippen LogP contribution >= 0.6 is 0 Å². The Balaban J connectivity index is 4.01. The smallest absolute Gasteiger partial charge is 0.0838 e. The van der Waals surface area contributed by atoms with E-state index in [2.05, 4.69) is 13.8 Å². The average Bonchev–Trinajstić information content (AvgIpc) is 1.99. The molecule has 0 amide bonds. The lowest BCUT2D eigenvalue weighted by molar-refractivity contribution is -0.113. The molecule has 2 atom stereocenters. The topological polar surface area (TPSA) is 29.5 Å². The summed E-state index contributed by atoms with van der Waals surface area (Å²) >= 11 is 0. The highest BCUT2D eigenvalue weighted by Gasteiger charge is 2.23. The molecule has 0 aromatic rings. The Morgan fingerprint density at radius 3 is 2.08 bits per heavy atom. The molecule has 0 bridgehead atoms. The maximum atomic E-state index is 9.75. The van der Waals surface area contributed by atoms with Crippen molar-refractivity contribution < 1.29 is 9.84 Å². The van der Waals surface area contributed by atoms with Gasteiger partial charge < -0.3 is 9.84 Å². The van der Waals surface area contributed by atoms with E-state index in [4.69, 9.17) is 4.74 Å². The molecule has 0 heterocycles. The second kappa shape index (κ2) is 5.61. The molecular weight excluding hydrogens is 164 g/mol. The summed E-state index contributed by atoms with van der Waals surface area (Å²) in [7, 11) is 0. The standard InChI is InChI=1S/C11H24O2/c1-6-8-9(12)10(7-2)13-11(3,4)5/h9-10,12H,6-8H2,1-5H3. The largest absolute Gasteiger partial charge is 0.390 e. The summed E-state index contributed by atoms with van der Waals surface area (Å²) in [6.07, 6.45) is 2.38. The van der Waals surface area contributed by atoms with Gasteiger partial charge in [0.25, 0.3) is 0 Å². The van der Waals surface area contributed by atoms with Crippen molar-refractivity contribution in [2.45, 2.75) is 71.7 Å². The molecule has 13 heavy (non-hydrogen) atoms. The lowest BCUT2D eigenvalue weighted by Gasteiger charge is -2.30. The first kappa shape index (κ1) is 12.9. The van der Waals surface area contributed by atoms with Crippen molar-refractivity contribution in [3.8, 4) is 0 Å². The zero-order chi connectivity index (χ0) is 10.5. The number of rotatable bonds is 5. The summed E-state index contributed by atoms with van der Waals surface area (Å²) in [6.45, 7) is 10.2. The van der Waals surface area contributed by atoms with Crippen molar-refractivity contribution >= 4 is 0 Å². The van der Waals surface area contributed by atoms with Crippen LogP contribution in [0, 0.1) is 0 Å². The molecule has 0 saturated heterocycles. The van der Waals surface area contributed by atoms with E-state index in [1.54, 1.807) is 0 Å². The normalized spacial score (nSPS) is 17.1. The minimum atomic E-state index is -0.311. The first-order valence-corrected chi connectivity index (χ1v) is 5.26. The minimum absolute atomic E-state index is 0.0139. The molecule has 0 aliphatic heterocycles. The second-order valence-electron chi connectivity index (χ2n) is 4.53. The average molecular weight is 188 g/mol. The SMILES string of the molecule is CCCC(O)C(CC)OC(C)(C)C. The third-order valence-electron chi connectivity index (χ3n) is 1.92. The third kappa shape index (κ3) is 6.05.